The topological polar surface area (TPSA) is 95.2 Å². The second kappa shape index (κ2) is 10.0. The molecule has 2 aromatic carbocycles. The van der Waals surface area contributed by atoms with Crippen LogP contribution in [0.4, 0.5) is 13.2 Å². The Kier molecular flexibility index (Phi) is 7.34. The summed E-state index contributed by atoms with van der Waals surface area (Å²) >= 11 is 0. The monoisotopic (exact) mass is 471 g/mol. The lowest BCUT2D eigenvalue weighted by Gasteiger charge is -2.23. The molecule has 34 heavy (non-hydrogen) atoms. The zero-order chi connectivity index (χ0) is 25.0. The smallest absolute Gasteiger partial charge is 0.306 e. The zero-order valence-electron chi connectivity index (χ0n) is 18.9. The summed E-state index contributed by atoms with van der Waals surface area (Å²) < 4.78 is 47.1. The molecule has 1 aromatic heterocycles. The number of benzene rings is 2. The average Bonchev–Trinajstić information content (AvgIpc) is 2.71. The van der Waals surface area contributed by atoms with Crippen molar-refractivity contribution < 1.29 is 27.5 Å². The Labute approximate surface area is 195 Å². The van der Waals surface area contributed by atoms with Crippen molar-refractivity contribution in [1.29, 1.82) is 0 Å². The molecule has 0 radical (unpaired) electrons. The molecule has 3 aromatic rings. The highest BCUT2D eigenvalue weighted by Crippen LogP contribution is 2.33. The fourth-order valence-electron chi connectivity index (χ4n) is 3.63. The van der Waals surface area contributed by atoms with Crippen LogP contribution < -0.4 is 5.73 Å². The molecule has 6 nitrogen and oxygen atoms in total. The fraction of sp³-hybridized carbons (Fsp3) is 0.280. The molecule has 0 saturated carbocycles. The van der Waals surface area contributed by atoms with Crippen LogP contribution in [0, 0.1) is 17.5 Å². The zero-order valence-corrected chi connectivity index (χ0v) is 18.9. The maximum absolute atomic E-state index is 14.0. The van der Waals surface area contributed by atoms with E-state index in [4.69, 9.17) is 10.5 Å². The van der Waals surface area contributed by atoms with Gasteiger partial charge in [-0.1, -0.05) is 6.07 Å². The number of esters is 1. The fourth-order valence-corrected chi connectivity index (χ4v) is 3.63. The average molecular weight is 471 g/mol. The Morgan fingerprint density at radius 2 is 1.74 bits per heavy atom. The van der Waals surface area contributed by atoms with Crippen molar-refractivity contribution in [1.82, 2.24) is 9.97 Å². The summed E-state index contributed by atoms with van der Waals surface area (Å²) in [6.45, 7) is 5.17. The third-order valence-electron chi connectivity index (χ3n) is 4.91. The molecule has 1 heterocycles. The second-order valence-corrected chi connectivity index (χ2v) is 8.85. The van der Waals surface area contributed by atoms with E-state index in [1.807, 2.05) is 0 Å². The Morgan fingerprint density at radius 1 is 1.06 bits per heavy atom. The molecule has 0 spiro atoms. The Morgan fingerprint density at radius 3 is 2.35 bits per heavy atom. The van der Waals surface area contributed by atoms with Gasteiger partial charge in [0.2, 0.25) is 0 Å². The molecule has 1 amide bonds. The number of aromatic nitrogens is 2. The SMILES string of the molecule is CC(C)(C)OC(=O)C[C@@H](Cc1cc(F)cc(F)c1)c1ncncc1-c1ccc(F)c(C(N)=O)c1. The number of rotatable bonds is 7. The molecule has 3 rings (SSSR count). The molecular weight excluding hydrogens is 447 g/mol. The van der Waals surface area contributed by atoms with E-state index < -0.39 is 40.8 Å². The molecule has 0 fully saturated rings. The molecule has 9 heteroatoms. The maximum atomic E-state index is 14.0. The van der Waals surface area contributed by atoms with Gasteiger partial charge in [-0.25, -0.2) is 23.1 Å². The molecule has 0 aliphatic rings. The first-order valence-electron chi connectivity index (χ1n) is 10.5. The first-order chi connectivity index (χ1) is 15.9. The number of carbonyl (C=O) groups excluding carboxylic acids is 2. The quantitative estimate of drug-likeness (QED) is 0.503. The number of hydrogen-bond acceptors (Lipinski definition) is 5. The predicted molar refractivity (Wildman–Crippen MR) is 119 cm³/mol. The van der Waals surface area contributed by atoms with Crippen LogP contribution in [0.5, 0.6) is 0 Å². The second-order valence-electron chi connectivity index (χ2n) is 8.85. The van der Waals surface area contributed by atoms with Crippen LogP contribution in [-0.2, 0) is 16.0 Å². The van der Waals surface area contributed by atoms with Gasteiger partial charge >= 0.3 is 5.97 Å². The van der Waals surface area contributed by atoms with Crippen molar-refractivity contribution in [3.8, 4) is 11.1 Å². The van der Waals surface area contributed by atoms with Crippen LogP contribution in [0.15, 0.2) is 48.9 Å². The molecule has 0 bridgehead atoms. The third kappa shape index (κ3) is 6.40. The largest absolute Gasteiger partial charge is 0.460 e. The van der Waals surface area contributed by atoms with E-state index in [0.29, 0.717) is 22.4 Å². The lowest BCUT2D eigenvalue weighted by Crippen LogP contribution is -2.25. The summed E-state index contributed by atoms with van der Waals surface area (Å²) in [5, 5.41) is 0. The number of nitrogens with two attached hydrogens (primary N) is 1. The van der Waals surface area contributed by atoms with Gasteiger partial charge in [-0.05, 0) is 62.6 Å². The normalized spacial score (nSPS) is 12.3. The van der Waals surface area contributed by atoms with E-state index >= 15 is 0 Å². The molecule has 0 aliphatic heterocycles. The third-order valence-corrected chi connectivity index (χ3v) is 4.91. The van der Waals surface area contributed by atoms with Gasteiger partial charge in [-0.3, -0.25) is 9.59 Å². The summed E-state index contributed by atoms with van der Waals surface area (Å²) in [6.07, 6.45) is 2.63. The van der Waals surface area contributed by atoms with E-state index in [1.165, 1.54) is 36.8 Å². The van der Waals surface area contributed by atoms with E-state index in [1.54, 1.807) is 20.8 Å². The van der Waals surface area contributed by atoms with Crippen molar-refractivity contribution in [3.63, 3.8) is 0 Å². The van der Waals surface area contributed by atoms with E-state index in [2.05, 4.69) is 9.97 Å². The summed E-state index contributed by atoms with van der Waals surface area (Å²) in [6, 6.07) is 6.90. The molecule has 0 saturated heterocycles. The van der Waals surface area contributed by atoms with Crippen molar-refractivity contribution in [2.45, 2.75) is 45.1 Å². The Balaban J connectivity index is 2.08. The van der Waals surface area contributed by atoms with Crippen molar-refractivity contribution in [3.05, 3.63) is 83.2 Å². The Hall–Kier alpha value is -3.75. The highest BCUT2D eigenvalue weighted by Gasteiger charge is 2.26. The van der Waals surface area contributed by atoms with Gasteiger partial charge < -0.3 is 10.5 Å². The van der Waals surface area contributed by atoms with Crippen LogP contribution in [0.2, 0.25) is 0 Å². The van der Waals surface area contributed by atoms with Crippen molar-refractivity contribution in [2.24, 2.45) is 5.73 Å². The first kappa shape index (κ1) is 24.9. The number of halogens is 3. The lowest BCUT2D eigenvalue weighted by atomic mass is 9.88. The molecule has 0 aliphatic carbocycles. The predicted octanol–water partition coefficient (Wildman–Crippen LogP) is 4.72. The van der Waals surface area contributed by atoms with Crippen molar-refractivity contribution in [2.75, 3.05) is 0 Å². The Bertz CT molecular complexity index is 1210. The van der Waals surface area contributed by atoms with Gasteiger partial charge in [-0.15, -0.1) is 0 Å². The van der Waals surface area contributed by atoms with Crippen LogP contribution in [0.25, 0.3) is 11.1 Å². The highest BCUT2D eigenvalue weighted by atomic mass is 19.1. The molecule has 2 N–H and O–H groups in total. The van der Waals surface area contributed by atoms with E-state index in [-0.39, 0.29) is 18.4 Å². The van der Waals surface area contributed by atoms with Crippen LogP contribution in [0.3, 0.4) is 0 Å². The number of primary amides is 1. The lowest BCUT2D eigenvalue weighted by molar-refractivity contribution is -0.155. The number of hydrogen-bond donors (Lipinski definition) is 1. The minimum Gasteiger partial charge on any atom is -0.460 e. The maximum Gasteiger partial charge on any atom is 0.306 e. The summed E-state index contributed by atoms with van der Waals surface area (Å²) in [5.74, 6) is -4.43. The molecule has 0 unspecified atom stereocenters. The minimum absolute atomic E-state index is 0.0573. The molecule has 1 atom stereocenters. The van der Waals surface area contributed by atoms with E-state index in [0.717, 1.165) is 12.1 Å². The van der Waals surface area contributed by atoms with Crippen LogP contribution in [0.1, 0.15) is 54.7 Å². The number of ether oxygens (including phenoxy) is 1. The van der Waals surface area contributed by atoms with E-state index in [9.17, 15) is 22.8 Å². The van der Waals surface area contributed by atoms with Gasteiger partial charge in [0.05, 0.1) is 17.7 Å². The van der Waals surface area contributed by atoms with Gasteiger partial charge in [0.15, 0.2) is 0 Å². The molecule has 178 valence electrons. The first-order valence-corrected chi connectivity index (χ1v) is 10.5. The number of carbonyl (C=O) groups is 2. The van der Waals surface area contributed by atoms with Crippen LogP contribution in [-0.4, -0.2) is 27.4 Å². The molecular formula is C25H24F3N3O3. The van der Waals surface area contributed by atoms with Gasteiger partial charge in [0.1, 0.15) is 29.4 Å². The van der Waals surface area contributed by atoms with Crippen molar-refractivity contribution >= 4 is 11.9 Å². The standard InChI is InChI=1S/C25H24F3N3O3/c1-25(2,3)34-22(32)10-16(6-14-7-17(26)11-18(27)8-14)23-20(12-30-13-31-23)15-4-5-21(28)19(9-15)24(29)33/h4-5,7-9,11-13,16H,6,10H2,1-3H3,(H2,29,33)/t16-/m1/s1. The summed E-state index contributed by atoms with van der Waals surface area (Å²) in [5.41, 5.74) is 5.70. The summed E-state index contributed by atoms with van der Waals surface area (Å²) in [4.78, 5) is 32.6. The number of amides is 1. The number of nitrogens with zero attached hydrogens (tertiary/aromatic N) is 2. The highest BCUT2D eigenvalue weighted by molar-refractivity contribution is 5.94. The van der Waals surface area contributed by atoms with Crippen LogP contribution >= 0.6 is 0 Å². The summed E-state index contributed by atoms with van der Waals surface area (Å²) in [7, 11) is 0. The minimum atomic E-state index is -0.946. The van der Waals surface area contributed by atoms with Gasteiger partial charge in [0, 0.05) is 23.7 Å². The van der Waals surface area contributed by atoms with Gasteiger partial charge in [-0.2, -0.15) is 0 Å². The van der Waals surface area contributed by atoms with Gasteiger partial charge in [0.25, 0.3) is 5.91 Å².